The number of likely N-dealkylation sites (N-methyl/N-ethyl adjacent to an activating group) is 1. The standard InChI is InChI=1S/C14H23N3O/c1-3-12-4-6-13(7-5-12)10-17(2)11-14(18)16-9-8-15/h4-7H,3,8-11,15H2,1-2H3,(H,16,18). The second-order valence-electron chi connectivity index (χ2n) is 4.48. The molecule has 0 fully saturated rings. The zero-order chi connectivity index (χ0) is 13.4. The third-order valence-electron chi connectivity index (χ3n) is 2.76. The van der Waals surface area contributed by atoms with Crippen molar-refractivity contribution in [2.45, 2.75) is 19.9 Å². The SMILES string of the molecule is CCc1ccc(CN(C)CC(=O)NCCN)cc1. The van der Waals surface area contributed by atoms with Crippen LogP contribution in [0.1, 0.15) is 18.1 Å². The van der Waals surface area contributed by atoms with E-state index in [9.17, 15) is 4.79 Å². The van der Waals surface area contributed by atoms with Gasteiger partial charge in [0.1, 0.15) is 0 Å². The van der Waals surface area contributed by atoms with E-state index >= 15 is 0 Å². The van der Waals surface area contributed by atoms with Crippen LogP contribution in [0.15, 0.2) is 24.3 Å². The van der Waals surface area contributed by atoms with Gasteiger partial charge in [0.05, 0.1) is 6.54 Å². The van der Waals surface area contributed by atoms with Crippen LogP contribution in [0.5, 0.6) is 0 Å². The molecule has 100 valence electrons. The van der Waals surface area contributed by atoms with E-state index in [2.05, 4.69) is 36.5 Å². The lowest BCUT2D eigenvalue weighted by atomic mass is 10.1. The summed E-state index contributed by atoms with van der Waals surface area (Å²) >= 11 is 0. The first kappa shape index (κ1) is 14.7. The van der Waals surface area contributed by atoms with Gasteiger partial charge in [-0.3, -0.25) is 9.69 Å². The van der Waals surface area contributed by atoms with E-state index in [1.54, 1.807) is 0 Å². The Labute approximate surface area is 109 Å². The number of amides is 1. The number of hydrogen-bond donors (Lipinski definition) is 2. The number of carbonyl (C=O) groups excluding carboxylic acids is 1. The third kappa shape index (κ3) is 5.29. The minimum absolute atomic E-state index is 0.0214. The van der Waals surface area contributed by atoms with Crippen molar-refractivity contribution in [2.24, 2.45) is 5.73 Å². The molecule has 0 atom stereocenters. The molecule has 0 heterocycles. The zero-order valence-electron chi connectivity index (χ0n) is 11.3. The molecule has 0 saturated heterocycles. The molecule has 4 heteroatoms. The number of nitrogens with zero attached hydrogens (tertiary/aromatic N) is 1. The molecule has 1 aromatic rings. The number of benzene rings is 1. The largest absolute Gasteiger partial charge is 0.354 e. The minimum atomic E-state index is 0.0214. The maximum atomic E-state index is 11.5. The Morgan fingerprint density at radius 2 is 1.89 bits per heavy atom. The second kappa shape index (κ2) is 7.84. The number of carbonyl (C=O) groups is 1. The number of rotatable bonds is 7. The topological polar surface area (TPSA) is 58.4 Å². The average molecular weight is 249 g/mol. The fraction of sp³-hybridized carbons (Fsp3) is 0.500. The maximum Gasteiger partial charge on any atom is 0.234 e. The van der Waals surface area contributed by atoms with Gasteiger partial charge >= 0.3 is 0 Å². The molecule has 0 aliphatic heterocycles. The van der Waals surface area contributed by atoms with Gasteiger partial charge in [-0.2, -0.15) is 0 Å². The maximum absolute atomic E-state index is 11.5. The molecule has 0 spiro atoms. The number of hydrogen-bond acceptors (Lipinski definition) is 3. The van der Waals surface area contributed by atoms with Crippen molar-refractivity contribution in [1.29, 1.82) is 0 Å². The molecular weight excluding hydrogens is 226 g/mol. The highest BCUT2D eigenvalue weighted by Gasteiger charge is 2.06. The lowest BCUT2D eigenvalue weighted by Crippen LogP contribution is -2.37. The lowest BCUT2D eigenvalue weighted by molar-refractivity contribution is -0.122. The van der Waals surface area contributed by atoms with Crippen LogP contribution in [0.4, 0.5) is 0 Å². The van der Waals surface area contributed by atoms with Crippen molar-refractivity contribution in [3.05, 3.63) is 35.4 Å². The van der Waals surface area contributed by atoms with Crippen molar-refractivity contribution < 1.29 is 4.79 Å². The van der Waals surface area contributed by atoms with E-state index in [4.69, 9.17) is 5.73 Å². The molecule has 1 rings (SSSR count). The Morgan fingerprint density at radius 1 is 1.28 bits per heavy atom. The molecule has 4 nitrogen and oxygen atoms in total. The fourth-order valence-corrected chi connectivity index (χ4v) is 1.76. The van der Waals surface area contributed by atoms with Gasteiger partial charge in [0.2, 0.25) is 5.91 Å². The van der Waals surface area contributed by atoms with E-state index in [1.807, 2.05) is 11.9 Å². The predicted octanol–water partition coefficient (Wildman–Crippen LogP) is 0.756. The molecule has 0 aliphatic carbocycles. The van der Waals surface area contributed by atoms with Crippen LogP contribution in [0, 0.1) is 0 Å². The van der Waals surface area contributed by atoms with E-state index in [0.717, 1.165) is 13.0 Å². The van der Waals surface area contributed by atoms with E-state index in [0.29, 0.717) is 19.6 Å². The molecule has 18 heavy (non-hydrogen) atoms. The van der Waals surface area contributed by atoms with Crippen LogP contribution in [0.3, 0.4) is 0 Å². The van der Waals surface area contributed by atoms with Gasteiger partial charge in [-0.15, -0.1) is 0 Å². The van der Waals surface area contributed by atoms with Crippen LogP contribution in [0.2, 0.25) is 0 Å². The molecule has 3 N–H and O–H groups in total. The molecule has 1 amide bonds. The van der Waals surface area contributed by atoms with Crippen LogP contribution >= 0.6 is 0 Å². The van der Waals surface area contributed by atoms with Gasteiger partial charge < -0.3 is 11.1 Å². The Kier molecular flexibility index (Phi) is 6.39. The Hall–Kier alpha value is -1.39. The molecule has 0 saturated carbocycles. The Bertz CT molecular complexity index is 362. The van der Waals surface area contributed by atoms with Gasteiger partial charge in [0, 0.05) is 19.6 Å². The number of aryl methyl sites for hydroxylation is 1. The van der Waals surface area contributed by atoms with Crippen LogP contribution in [-0.4, -0.2) is 37.5 Å². The smallest absolute Gasteiger partial charge is 0.234 e. The highest BCUT2D eigenvalue weighted by atomic mass is 16.2. The van der Waals surface area contributed by atoms with Crippen molar-refractivity contribution in [3.63, 3.8) is 0 Å². The summed E-state index contributed by atoms with van der Waals surface area (Å²) in [6.45, 7) is 4.34. The molecule has 0 aromatic heterocycles. The van der Waals surface area contributed by atoms with Crippen LogP contribution < -0.4 is 11.1 Å². The Morgan fingerprint density at radius 3 is 2.44 bits per heavy atom. The third-order valence-corrected chi connectivity index (χ3v) is 2.76. The first-order valence-electron chi connectivity index (χ1n) is 6.38. The summed E-state index contributed by atoms with van der Waals surface area (Å²) in [5, 5.41) is 2.76. The van der Waals surface area contributed by atoms with Gasteiger partial charge in [-0.05, 0) is 24.6 Å². The van der Waals surface area contributed by atoms with Crippen molar-refractivity contribution in [1.82, 2.24) is 10.2 Å². The summed E-state index contributed by atoms with van der Waals surface area (Å²) in [4.78, 5) is 13.5. The predicted molar refractivity (Wildman–Crippen MR) is 74.2 cm³/mol. The summed E-state index contributed by atoms with van der Waals surface area (Å²) in [5.41, 5.74) is 7.89. The second-order valence-corrected chi connectivity index (χ2v) is 4.48. The summed E-state index contributed by atoms with van der Waals surface area (Å²) < 4.78 is 0. The Balaban J connectivity index is 2.38. The van der Waals surface area contributed by atoms with Gasteiger partial charge in [0.25, 0.3) is 0 Å². The summed E-state index contributed by atoms with van der Waals surface area (Å²) in [6.07, 6.45) is 1.05. The average Bonchev–Trinajstić information content (AvgIpc) is 2.37. The summed E-state index contributed by atoms with van der Waals surface area (Å²) in [6, 6.07) is 8.51. The first-order valence-corrected chi connectivity index (χ1v) is 6.38. The summed E-state index contributed by atoms with van der Waals surface area (Å²) in [7, 11) is 1.94. The molecule has 1 aromatic carbocycles. The van der Waals surface area contributed by atoms with Gasteiger partial charge in [-0.25, -0.2) is 0 Å². The molecule has 0 bridgehead atoms. The highest BCUT2D eigenvalue weighted by Crippen LogP contribution is 2.07. The van der Waals surface area contributed by atoms with E-state index in [1.165, 1.54) is 11.1 Å². The van der Waals surface area contributed by atoms with Crippen molar-refractivity contribution in [3.8, 4) is 0 Å². The van der Waals surface area contributed by atoms with Crippen LogP contribution in [0.25, 0.3) is 0 Å². The van der Waals surface area contributed by atoms with E-state index < -0.39 is 0 Å². The van der Waals surface area contributed by atoms with Crippen molar-refractivity contribution in [2.75, 3.05) is 26.7 Å². The van der Waals surface area contributed by atoms with Crippen molar-refractivity contribution >= 4 is 5.91 Å². The molecular formula is C14H23N3O. The lowest BCUT2D eigenvalue weighted by Gasteiger charge is -2.16. The normalized spacial score (nSPS) is 10.7. The van der Waals surface area contributed by atoms with E-state index in [-0.39, 0.29) is 5.91 Å². The molecule has 0 radical (unpaired) electrons. The highest BCUT2D eigenvalue weighted by molar-refractivity contribution is 5.77. The molecule has 0 aliphatic rings. The fourth-order valence-electron chi connectivity index (χ4n) is 1.76. The minimum Gasteiger partial charge on any atom is -0.354 e. The quantitative estimate of drug-likeness (QED) is 0.750. The number of nitrogens with one attached hydrogen (secondary N) is 1. The van der Waals surface area contributed by atoms with Gasteiger partial charge in [0.15, 0.2) is 0 Å². The number of nitrogens with two attached hydrogens (primary N) is 1. The van der Waals surface area contributed by atoms with Crippen LogP contribution in [-0.2, 0) is 17.8 Å². The molecule has 0 unspecified atom stereocenters. The summed E-state index contributed by atoms with van der Waals surface area (Å²) in [5.74, 6) is 0.0214. The zero-order valence-corrected chi connectivity index (χ0v) is 11.3. The first-order chi connectivity index (χ1) is 8.65. The van der Waals surface area contributed by atoms with Gasteiger partial charge in [-0.1, -0.05) is 31.2 Å². The monoisotopic (exact) mass is 249 g/mol.